The van der Waals surface area contributed by atoms with Crippen LogP contribution >= 0.6 is 0 Å². The molecule has 1 amide bonds. The molecule has 1 atom stereocenters. The number of nitro groups is 1. The van der Waals surface area contributed by atoms with Crippen LogP contribution in [0.3, 0.4) is 0 Å². The summed E-state index contributed by atoms with van der Waals surface area (Å²) in [7, 11) is 0. The number of pyridine rings is 1. The van der Waals surface area contributed by atoms with Gasteiger partial charge in [-0.1, -0.05) is 68.3 Å². The number of nitrogens with zero attached hydrogens (tertiary/aromatic N) is 4. The Labute approximate surface area is 393 Å². The first-order chi connectivity index (χ1) is 31.1. The van der Waals surface area contributed by atoms with Gasteiger partial charge in [0.05, 0.1) is 22.8 Å². The Hall–Kier alpha value is -9.93. The number of ketones is 1. The van der Waals surface area contributed by atoms with Crippen LogP contribution in [-0.4, -0.2) is 40.3 Å². The number of hydrogen-bond donors (Lipinski definition) is 5. The molecule has 0 spiro atoms. The number of Topliss-reactive ketones (excluding diaryl/α,β-unsaturated/α-hetero) is 1. The fraction of sp³-hybridized carbons (Fsp3) is 0.196. The number of aryl methyl sites for hydroxylation is 2. The number of amides is 1. The summed E-state index contributed by atoms with van der Waals surface area (Å²) in [6, 6.07) is 17.8. The van der Waals surface area contributed by atoms with Gasteiger partial charge in [-0.2, -0.15) is 0 Å². The second-order valence-corrected chi connectivity index (χ2v) is 12.0. The van der Waals surface area contributed by atoms with Gasteiger partial charge in [-0.05, 0) is 143 Å². The molecule has 0 unspecified atom stereocenters. The Kier molecular flexibility index (Phi) is 28.5. The summed E-state index contributed by atoms with van der Waals surface area (Å²) >= 11 is 0. The van der Waals surface area contributed by atoms with Crippen molar-refractivity contribution in [1.82, 2.24) is 21.2 Å². The smallest absolute Gasteiger partial charge is 0.237 e. The maximum Gasteiger partial charge on any atom is 0.237 e. The Morgan fingerprint density at radius 2 is 1.31 bits per heavy atom. The largest absolute Gasteiger partial charge is 0.383 e. The second kappa shape index (κ2) is 35.1. The second-order valence-electron chi connectivity index (χ2n) is 12.0. The van der Waals surface area contributed by atoms with Crippen LogP contribution in [0.5, 0.6) is 0 Å². The van der Waals surface area contributed by atoms with E-state index in [-0.39, 0.29) is 48.9 Å². The minimum absolute atomic E-state index is 0. The highest BCUT2D eigenvalue weighted by molar-refractivity contribution is 5.91. The number of aromatic nitrogens is 1. The molecule has 0 aliphatic heterocycles. The molecule has 7 N–H and O–H groups in total. The van der Waals surface area contributed by atoms with Crippen molar-refractivity contribution < 1.29 is 33.2 Å². The number of anilines is 1. The van der Waals surface area contributed by atoms with Crippen LogP contribution in [-0.2, 0) is 22.4 Å². The van der Waals surface area contributed by atoms with E-state index in [2.05, 4.69) is 180 Å². The van der Waals surface area contributed by atoms with Gasteiger partial charge in [-0.3, -0.25) is 15.4 Å². The number of nitrogen functional groups attached to an aromatic ring is 1. The van der Waals surface area contributed by atoms with Gasteiger partial charge in [0, 0.05) is 83.6 Å². The molecule has 0 radical (unpaired) electrons. The van der Waals surface area contributed by atoms with E-state index in [1.165, 1.54) is 11.1 Å². The van der Waals surface area contributed by atoms with Crippen LogP contribution in [0.1, 0.15) is 63.3 Å². The highest BCUT2D eigenvalue weighted by Gasteiger charge is 2.19. The van der Waals surface area contributed by atoms with E-state index < -0.39 is 5.03 Å². The molecule has 0 saturated heterocycles. The minimum Gasteiger partial charge on any atom is -0.383 e. The molecule has 0 fully saturated rings. The number of nitrogens with one attached hydrogen (secondary N) is 3. The maximum absolute atomic E-state index is 12.7. The third-order valence-corrected chi connectivity index (χ3v) is 7.06. The van der Waals surface area contributed by atoms with E-state index in [0.29, 0.717) is 25.1 Å². The average Bonchev–Trinajstić information content (AvgIpc) is 3.29. The topological polar surface area (TPSA) is 203 Å². The summed E-state index contributed by atoms with van der Waals surface area (Å²) in [6.07, 6.45) is 9.06. The lowest BCUT2D eigenvalue weighted by molar-refractivity contribution is -0.546. The van der Waals surface area contributed by atoms with Crippen LogP contribution in [0, 0.1) is 153 Å². The van der Waals surface area contributed by atoms with Crippen LogP contribution in [0.2, 0.25) is 0 Å². The number of rotatable bonds is 13. The SMILES string of the molecule is C#CC#CC#CC#CC#CC#CC#CC#CC#CC#CC#CC#CC.CC(C)N[C@H](CCc1ccccc1)C(=O)NCC(=O)CCc1ccc2c(N)nccc2c1.NN=NN[N+](=O)[O-].[HH].[HH].[HH].[HH].[HH].[HH].[HH].[HH].[HH].[HH].[HH].[HH].[HH]. The molecule has 64 heavy (non-hydrogen) atoms. The minimum atomic E-state index is -0.879. The Morgan fingerprint density at radius 3 is 1.78 bits per heavy atom. The van der Waals surface area contributed by atoms with E-state index in [1.807, 2.05) is 56.3 Å². The monoisotopic (exact) mass is 868 g/mol. The number of carbonyl (C=O) groups is 2. The van der Waals surface area contributed by atoms with Crippen molar-refractivity contribution >= 4 is 28.3 Å². The first-order valence-corrected chi connectivity index (χ1v) is 18.7. The molecule has 1 aromatic heterocycles. The number of benzene rings is 2. The van der Waals surface area contributed by atoms with E-state index in [4.69, 9.17) is 12.2 Å². The fourth-order valence-corrected chi connectivity index (χ4v) is 4.49. The number of hydrogen-bond acceptors (Lipinski definition) is 9. The zero-order valence-corrected chi connectivity index (χ0v) is 35.1. The lowest BCUT2D eigenvalue weighted by Crippen LogP contribution is -2.48. The summed E-state index contributed by atoms with van der Waals surface area (Å²) in [4.78, 5) is 38.4. The lowest BCUT2D eigenvalue weighted by atomic mass is 10.0. The molecule has 0 saturated carbocycles. The van der Waals surface area contributed by atoms with Crippen molar-refractivity contribution in [1.29, 1.82) is 0 Å². The van der Waals surface area contributed by atoms with Gasteiger partial charge in [0.15, 0.2) is 11.0 Å². The Bertz CT molecular complexity index is 2960. The number of hydrazine groups is 1. The predicted octanol–water partition coefficient (Wildman–Crippen LogP) is 6.32. The van der Waals surface area contributed by atoms with Crippen molar-refractivity contribution in [3.05, 3.63) is 82.0 Å². The quantitative estimate of drug-likeness (QED) is 0.0429. The van der Waals surface area contributed by atoms with Crippen LogP contribution in [0.15, 0.2) is 71.2 Å². The molecule has 13 nitrogen and oxygen atoms in total. The number of carbonyl (C=O) groups excluding carboxylic acids is 2. The van der Waals surface area contributed by atoms with Gasteiger partial charge in [0.2, 0.25) is 5.91 Å². The van der Waals surface area contributed by atoms with Crippen molar-refractivity contribution in [3.63, 3.8) is 0 Å². The molecule has 13 heteroatoms. The summed E-state index contributed by atoms with van der Waals surface area (Å²) in [5.74, 6) is 61.7. The average molecular weight is 868 g/mol. The standard InChI is InChI=1S/C26H32N4O2.C25H4.H3N5O2.13H2/c1-18(2)30-24(13-10-19-6-4-3-5-7-19)26(32)29-17-22(31)11-8-20-9-12-23-21(16-20)14-15-28-25(23)27;1-3-5-7-9-11-13-15-17-19-21-23-25-24-22-20-18-16-14-12-10-8-6-4-2;1-2-3-4-5(6)7;;;;;;;;;;;;;/h3-7,9,12,14-16,18,24,30H,8,10-11,13,17H2,1-2H3,(H2,27,28)(H,29,32);1H,2H3;(H2,1,3)(H,2,4);13*1H/t24-;;;;;;;;;;;;;;;/m1.............../s1. The molecule has 0 aliphatic rings. The van der Waals surface area contributed by atoms with E-state index in [0.717, 1.165) is 22.8 Å². The zero-order chi connectivity index (χ0) is 46.9. The molecular formula is C51H65N9O4. The van der Waals surface area contributed by atoms with Gasteiger partial charge in [-0.25, -0.2) is 4.98 Å². The lowest BCUT2D eigenvalue weighted by Gasteiger charge is -2.20. The van der Waals surface area contributed by atoms with E-state index in [9.17, 15) is 19.7 Å². The van der Waals surface area contributed by atoms with Gasteiger partial charge < -0.3 is 26.5 Å². The van der Waals surface area contributed by atoms with Crippen LogP contribution in [0.4, 0.5) is 5.82 Å². The normalized spacial score (nSPS) is 8.55. The summed E-state index contributed by atoms with van der Waals surface area (Å²) in [5, 5.41) is 21.6. The van der Waals surface area contributed by atoms with E-state index in [1.54, 1.807) is 13.1 Å². The highest BCUT2D eigenvalue weighted by atomic mass is 16.7. The predicted molar refractivity (Wildman–Crippen MR) is 276 cm³/mol. The molecule has 2 aromatic carbocycles. The molecule has 3 rings (SSSR count). The Balaban J connectivity index is -0.0000000758. The van der Waals surface area contributed by atoms with Crippen molar-refractivity contribution in [2.24, 2.45) is 16.3 Å². The summed E-state index contributed by atoms with van der Waals surface area (Å²) in [6.45, 7) is 5.77. The summed E-state index contributed by atoms with van der Waals surface area (Å²) < 4.78 is 0. The molecule has 0 aliphatic carbocycles. The van der Waals surface area contributed by atoms with Gasteiger partial charge in [-0.15, -0.1) is 6.42 Å². The molecule has 1 heterocycles. The third kappa shape index (κ3) is 27.7. The Morgan fingerprint density at radius 1 is 0.781 bits per heavy atom. The number of fused-ring (bicyclic) bond motifs is 1. The maximum atomic E-state index is 12.7. The molecular weight excluding hydrogens is 803 g/mol. The first-order valence-electron chi connectivity index (χ1n) is 18.7. The zero-order valence-electron chi connectivity index (χ0n) is 35.1. The van der Waals surface area contributed by atoms with Gasteiger partial charge in [0.25, 0.3) is 0 Å². The van der Waals surface area contributed by atoms with E-state index >= 15 is 0 Å². The summed E-state index contributed by atoms with van der Waals surface area (Å²) in [5.41, 5.74) is 9.50. The van der Waals surface area contributed by atoms with Crippen LogP contribution < -0.4 is 27.7 Å². The first kappa shape index (κ1) is 52.1. The fourth-order valence-electron chi connectivity index (χ4n) is 4.49. The molecule has 338 valence electrons. The number of terminal acetylenes is 1. The molecule has 3 aromatic rings. The molecule has 0 bridgehead atoms. The van der Waals surface area contributed by atoms with Crippen molar-refractivity contribution in [2.75, 3.05) is 12.3 Å². The van der Waals surface area contributed by atoms with Crippen LogP contribution in [0.25, 0.3) is 10.8 Å². The van der Waals surface area contributed by atoms with Crippen molar-refractivity contribution in [2.45, 2.75) is 58.5 Å². The van der Waals surface area contributed by atoms with Gasteiger partial charge in [0.1, 0.15) is 5.82 Å². The van der Waals surface area contributed by atoms with Crippen molar-refractivity contribution in [3.8, 4) is 143 Å². The highest BCUT2D eigenvalue weighted by Crippen LogP contribution is 2.20. The van der Waals surface area contributed by atoms with Gasteiger partial charge >= 0.3 is 0 Å². The third-order valence-electron chi connectivity index (χ3n) is 7.06. The number of nitrogens with two attached hydrogens (primary N) is 2.